The topological polar surface area (TPSA) is 100 Å². The van der Waals surface area contributed by atoms with E-state index in [0.29, 0.717) is 24.5 Å². The van der Waals surface area contributed by atoms with Gasteiger partial charge in [-0.2, -0.15) is 0 Å². The maximum Gasteiger partial charge on any atom is 0.337 e. The number of rotatable bonds is 8. The fourth-order valence-corrected chi connectivity index (χ4v) is 5.36. The molecule has 2 aliphatic rings. The first kappa shape index (κ1) is 26.0. The Hall–Kier alpha value is -3.04. The average molecular weight is 514 g/mol. The highest BCUT2D eigenvalue weighted by atomic mass is 32.2. The second-order valence-corrected chi connectivity index (χ2v) is 10.7. The highest BCUT2D eigenvalue weighted by Crippen LogP contribution is 2.44. The van der Waals surface area contributed by atoms with E-state index in [-0.39, 0.29) is 17.8 Å². The van der Waals surface area contributed by atoms with Crippen LogP contribution in [0.3, 0.4) is 0 Å². The molecule has 2 atom stereocenters. The lowest BCUT2D eigenvalue weighted by Crippen LogP contribution is -2.42. The van der Waals surface area contributed by atoms with Crippen LogP contribution in [0.2, 0.25) is 0 Å². The summed E-state index contributed by atoms with van der Waals surface area (Å²) in [7, 11) is 1.46. The number of thioether (sulfide) groups is 1. The predicted molar refractivity (Wildman–Crippen MR) is 136 cm³/mol. The van der Waals surface area contributed by atoms with Crippen LogP contribution < -0.4 is 19.5 Å². The van der Waals surface area contributed by atoms with Crippen molar-refractivity contribution in [2.24, 2.45) is 0 Å². The largest absolute Gasteiger partial charge is 0.489 e. The van der Waals surface area contributed by atoms with Crippen molar-refractivity contribution in [1.82, 2.24) is 5.32 Å². The molecule has 2 aromatic rings. The lowest BCUT2D eigenvalue weighted by Gasteiger charge is -2.37. The lowest BCUT2D eigenvalue weighted by molar-refractivity contribution is -0.138. The van der Waals surface area contributed by atoms with E-state index in [9.17, 15) is 14.4 Å². The molecule has 2 aromatic carbocycles. The van der Waals surface area contributed by atoms with Gasteiger partial charge >= 0.3 is 5.97 Å². The molecule has 9 heteroatoms. The molecule has 0 aliphatic carbocycles. The third-order valence-corrected chi connectivity index (χ3v) is 7.68. The van der Waals surface area contributed by atoms with Gasteiger partial charge in [0.05, 0.1) is 5.25 Å². The number of carbonyl (C=O) groups is 3. The maximum atomic E-state index is 12.0. The summed E-state index contributed by atoms with van der Waals surface area (Å²) in [5, 5.41) is 1.63. The minimum absolute atomic E-state index is 0.101. The van der Waals surface area contributed by atoms with Crippen molar-refractivity contribution in [3.8, 4) is 17.2 Å². The molecule has 2 amide bonds. The number of esters is 1. The van der Waals surface area contributed by atoms with E-state index in [1.54, 1.807) is 0 Å². The number of hydrogen-bond donors (Lipinski definition) is 1. The Morgan fingerprint density at radius 2 is 1.86 bits per heavy atom. The summed E-state index contributed by atoms with van der Waals surface area (Å²) in [5.74, 6) is 1.44. The van der Waals surface area contributed by atoms with Crippen molar-refractivity contribution in [2.45, 2.75) is 57.8 Å². The van der Waals surface area contributed by atoms with Crippen LogP contribution in [0.1, 0.15) is 41.2 Å². The zero-order chi connectivity index (χ0) is 26.0. The molecule has 2 unspecified atom stereocenters. The van der Waals surface area contributed by atoms with E-state index < -0.39 is 16.8 Å². The Morgan fingerprint density at radius 1 is 1.14 bits per heavy atom. The summed E-state index contributed by atoms with van der Waals surface area (Å²) in [6.07, 6.45) is 2.01. The number of imide groups is 1. The maximum absolute atomic E-state index is 12.0. The standard InChI is InChI=1S/C27H31NO7S/c1-15-16(2)24-20(17(3)23(15)34-22(29)13-32-5)10-11-27(4,35-24)14-33-19-8-6-18(7-9-19)12-21-25(30)28-26(31)36-21/h6-9,21H,10-14H2,1-5H3,(H,28,30,31). The second kappa shape index (κ2) is 10.5. The highest BCUT2D eigenvalue weighted by molar-refractivity contribution is 8.15. The Labute approximate surface area is 215 Å². The minimum Gasteiger partial charge on any atom is -0.489 e. The minimum atomic E-state index is -0.525. The van der Waals surface area contributed by atoms with Gasteiger partial charge < -0.3 is 18.9 Å². The highest BCUT2D eigenvalue weighted by Gasteiger charge is 2.36. The quantitative estimate of drug-likeness (QED) is 0.414. The summed E-state index contributed by atoms with van der Waals surface area (Å²) in [4.78, 5) is 35.2. The molecule has 2 heterocycles. The second-order valence-electron chi connectivity index (χ2n) is 9.49. The van der Waals surface area contributed by atoms with Gasteiger partial charge in [0.15, 0.2) is 0 Å². The van der Waals surface area contributed by atoms with Gasteiger partial charge in [-0.15, -0.1) is 0 Å². The molecule has 192 valence electrons. The van der Waals surface area contributed by atoms with Crippen molar-refractivity contribution in [1.29, 1.82) is 0 Å². The van der Waals surface area contributed by atoms with E-state index >= 15 is 0 Å². The number of fused-ring (bicyclic) bond motifs is 1. The van der Waals surface area contributed by atoms with Crippen molar-refractivity contribution in [3.05, 3.63) is 52.1 Å². The molecule has 0 bridgehead atoms. The Morgan fingerprint density at radius 3 is 2.50 bits per heavy atom. The molecule has 0 radical (unpaired) electrons. The SMILES string of the molecule is COCC(=O)Oc1c(C)c(C)c2c(c1C)CCC(C)(COc1ccc(CC3SC(=O)NC3=O)cc1)O2. The molecular weight excluding hydrogens is 482 g/mol. The summed E-state index contributed by atoms with van der Waals surface area (Å²) in [6.45, 7) is 8.15. The van der Waals surface area contributed by atoms with Crippen molar-refractivity contribution >= 4 is 28.9 Å². The summed E-state index contributed by atoms with van der Waals surface area (Å²) < 4.78 is 23.1. The average Bonchev–Trinajstić information content (AvgIpc) is 3.16. The molecule has 0 saturated carbocycles. The number of benzene rings is 2. The van der Waals surface area contributed by atoms with Crippen molar-refractivity contribution < 1.29 is 33.3 Å². The van der Waals surface area contributed by atoms with Crippen LogP contribution >= 0.6 is 11.8 Å². The molecule has 0 aromatic heterocycles. The first-order valence-corrected chi connectivity index (χ1v) is 12.7. The Kier molecular flexibility index (Phi) is 7.61. The van der Waals surface area contributed by atoms with Crippen LogP contribution in [0.4, 0.5) is 4.79 Å². The number of nitrogens with one attached hydrogen (secondary N) is 1. The lowest BCUT2D eigenvalue weighted by atomic mass is 9.87. The zero-order valence-corrected chi connectivity index (χ0v) is 22.0. The number of methoxy groups -OCH3 is 1. The summed E-state index contributed by atoms with van der Waals surface area (Å²) in [6, 6.07) is 7.56. The molecular formula is C27H31NO7S. The first-order chi connectivity index (χ1) is 17.1. The van der Waals surface area contributed by atoms with Crippen LogP contribution in [-0.2, 0) is 27.2 Å². The Balaban J connectivity index is 1.42. The number of hydrogen-bond acceptors (Lipinski definition) is 8. The smallest absolute Gasteiger partial charge is 0.337 e. The molecule has 2 aliphatic heterocycles. The molecule has 8 nitrogen and oxygen atoms in total. The van der Waals surface area contributed by atoms with Crippen LogP contribution in [0.15, 0.2) is 24.3 Å². The van der Waals surface area contributed by atoms with E-state index in [0.717, 1.165) is 58.2 Å². The molecule has 0 spiro atoms. The molecule has 1 saturated heterocycles. The van der Waals surface area contributed by atoms with E-state index in [2.05, 4.69) is 5.32 Å². The van der Waals surface area contributed by atoms with Crippen LogP contribution in [0.5, 0.6) is 17.2 Å². The third kappa shape index (κ3) is 5.52. The normalized spacial score (nSPS) is 21.0. The first-order valence-electron chi connectivity index (χ1n) is 11.8. The van der Waals surface area contributed by atoms with Gasteiger partial charge in [-0.05, 0) is 81.3 Å². The third-order valence-electron chi connectivity index (χ3n) is 6.70. The van der Waals surface area contributed by atoms with Gasteiger partial charge in [0.25, 0.3) is 5.24 Å². The van der Waals surface area contributed by atoms with Gasteiger partial charge in [0.2, 0.25) is 5.91 Å². The predicted octanol–water partition coefficient (Wildman–Crippen LogP) is 4.22. The van der Waals surface area contributed by atoms with Crippen LogP contribution in [-0.4, -0.2) is 48.3 Å². The van der Waals surface area contributed by atoms with Gasteiger partial charge in [0.1, 0.15) is 36.1 Å². The monoisotopic (exact) mass is 513 g/mol. The van der Waals surface area contributed by atoms with E-state index in [1.165, 1.54) is 7.11 Å². The van der Waals surface area contributed by atoms with Gasteiger partial charge in [-0.1, -0.05) is 23.9 Å². The summed E-state index contributed by atoms with van der Waals surface area (Å²) in [5.41, 5.74) is 4.20. The zero-order valence-electron chi connectivity index (χ0n) is 21.2. The molecule has 1 N–H and O–H groups in total. The van der Waals surface area contributed by atoms with Crippen LogP contribution in [0.25, 0.3) is 0 Å². The van der Waals surface area contributed by atoms with E-state index in [1.807, 2.05) is 52.0 Å². The molecule has 4 rings (SSSR count). The van der Waals surface area contributed by atoms with E-state index in [4.69, 9.17) is 18.9 Å². The fourth-order valence-electron chi connectivity index (χ4n) is 4.50. The van der Waals surface area contributed by atoms with Gasteiger partial charge in [-0.25, -0.2) is 4.79 Å². The molecule has 36 heavy (non-hydrogen) atoms. The number of carbonyl (C=O) groups excluding carboxylic acids is 3. The summed E-state index contributed by atoms with van der Waals surface area (Å²) >= 11 is 1.03. The number of amides is 2. The number of ether oxygens (including phenoxy) is 4. The van der Waals surface area contributed by atoms with Gasteiger partial charge in [0, 0.05) is 12.7 Å². The Bertz CT molecular complexity index is 1190. The van der Waals surface area contributed by atoms with Crippen LogP contribution in [0, 0.1) is 20.8 Å². The fraction of sp³-hybridized carbons (Fsp3) is 0.444. The molecule has 1 fully saturated rings. The van der Waals surface area contributed by atoms with Gasteiger partial charge in [-0.3, -0.25) is 14.9 Å². The van der Waals surface area contributed by atoms with Crippen molar-refractivity contribution in [2.75, 3.05) is 20.3 Å². The van der Waals surface area contributed by atoms with Crippen molar-refractivity contribution in [3.63, 3.8) is 0 Å².